The number of carbonyl (C=O) groups excluding carboxylic acids is 1. The van der Waals surface area contributed by atoms with Crippen LogP contribution < -0.4 is 10.6 Å². The molecule has 0 saturated heterocycles. The van der Waals surface area contributed by atoms with Crippen LogP contribution in [0, 0.1) is 28.5 Å². The number of halogens is 1. The summed E-state index contributed by atoms with van der Waals surface area (Å²) in [5.74, 6) is -0.220. The highest BCUT2D eigenvalue weighted by Crippen LogP contribution is 2.39. The van der Waals surface area contributed by atoms with Crippen molar-refractivity contribution in [3.05, 3.63) is 35.6 Å². The van der Waals surface area contributed by atoms with Gasteiger partial charge in [0.1, 0.15) is 11.4 Å². The molecule has 2 rings (SSSR count). The zero-order valence-corrected chi connectivity index (χ0v) is 14.8. The molecular formula is C19H26FN3O. The van der Waals surface area contributed by atoms with E-state index in [9.17, 15) is 14.4 Å². The number of hydrogen-bond acceptors (Lipinski definition) is 3. The minimum absolute atomic E-state index is 0.0990. The van der Waals surface area contributed by atoms with E-state index in [1.54, 1.807) is 19.1 Å². The van der Waals surface area contributed by atoms with Crippen LogP contribution in [0.4, 0.5) is 4.39 Å². The second-order valence-corrected chi connectivity index (χ2v) is 7.87. The summed E-state index contributed by atoms with van der Waals surface area (Å²) in [6.07, 6.45) is 1.97. The van der Waals surface area contributed by atoms with E-state index in [4.69, 9.17) is 0 Å². The third kappa shape index (κ3) is 4.55. The minimum atomic E-state index is -0.786. The van der Waals surface area contributed by atoms with Crippen LogP contribution in [0.25, 0.3) is 0 Å². The van der Waals surface area contributed by atoms with Crippen LogP contribution in [0.3, 0.4) is 0 Å². The Labute approximate surface area is 143 Å². The average Bonchev–Trinajstić information content (AvgIpc) is 3.33. The quantitative estimate of drug-likeness (QED) is 0.840. The number of carbonyl (C=O) groups is 1. The zero-order valence-electron chi connectivity index (χ0n) is 14.8. The fourth-order valence-corrected chi connectivity index (χ4v) is 2.99. The van der Waals surface area contributed by atoms with Gasteiger partial charge >= 0.3 is 0 Å². The Bertz CT molecular complexity index is 625. The average molecular weight is 331 g/mol. The topological polar surface area (TPSA) is 64.9 Å². The van der Waals surface area contributed by atoms with Crippen molar-refractivity contribution in [2.45, 2.75) is 52.1 Å². The lowest BCUT2D eigenvalue weighted by atomic mass is 9.82. The van der Waals surface area contributed by atoms with E-state index in [2.05, 4.69) is 37.5 Å². The minimum Gasteiger partial charge on any atom is -0.337 e. The molecule has 0 bridgehead atoms. The van der Waals surface area contributed by atoms with Crippen LogP contribution in [-0.2, 0) is 4.79 Å². The van der Waals surface area contributed by atoms with E-state index in [0.29, 0.717) is 0 Å². The predicted molar refractivity (Wildman–Crippen MR) is 91.5 cm³/mol. The number of nitriles is 1. The predicted octanol–water partition coefficient (Wildman–Crippen LogP) is 3.31. The van der Waals surface area contributed by atoms with Gasteiger partial charge in [0, 0.05) is 6.04 Å². The molecule has 130 valence electrons. The molecule has 1 saturated carbocycles. The highest BCUT2D eigenvalue weighted by molar-refractivity contribution is 5.79. The summed E-state index contributed by atoms with van der Waals surface area (Å²) in [7, 11) is 0. The summed E-state index contributed by atoms with van der Waals surface area (Å²) in [6, 6.07) is 8.45. The van der Waals surface area contributed by atoms with Crippen molar-refractivity contribution in [3.63, 3.8) is 0 Å². The monoisotopic (exact) mass is 331 g/mol. The van der Waals surface area contributed by atoms with Crippen LogP contribution in [0.15, 0.2) is 24.3 Å². The van der Waals surface area contributed by atoms with Gasteiger partial charge in [0.2, 0.25) is 5.91 Å². The number of nitrogens with one attached hydrogen (secondary N) is 2. The van der Waals surface area contributed by atoms with Gasteiger partial charge in [-0.2, -0.15) is 5.26 Å². The van der Waals surface area contributed by atoms with E-state index in [1.165, 1.54) is 12.1 Å². The van der Waals surface area contributed by atoms with Crippen LogP contribution in [-0.4, -0.2) is 18.0 Å². The molecule has 0 aliphatic heterocycles. The molecule has 0 heterocycles. The summed E-state index contributed by atoms with van der Waals surface area (Å²) in [5.41, 5.74) is 0.000804. The van der Waals surface area contributed by atoms with Crippen LogP contribution >= 0.6 is 0 Å². The van der Waals surface area contributed by atoms with Gasteiger partial charge in [-0.3, -0.25) is 4.79 Å². The van der Waals surface area contributed by atoms with Crippen molar-refractivity contribution in [3.8, 4) is 6.07 Å². The van der Waals surface area contributed by atoms with Gasteiger partial charge in [0.15, 0.2) is 0 Å². The van der Waals surface area contributed by atoms with Crippen molar-refractivity contribution < 1.29 is 9.18 Å². The van der Waals surface area contributed by atoms with Gasteiger partial charge < -0.3 is 10.6 Å². The van der Waals surface area contributed by atoms with Gasteiger partial charge in [-0.15, -0.1) is 0 Å². The lowest BCUT2D eigenvalue weighted by molar-refractivity contribution is -0.121. The summed E-state index contributed by atoms with van der Waals surface area (Å²) in [4.78, 5) is 12.3. The summed E-state index contributed by atoms with van der Waals surface area (Å²) in [5, 5.41) is 15.4. The van der Waals surface area contributed by atoms with Crippen molar-refractivity contribution in [1.82, 2.24) is 10.6 Å². The lowest BCUT2D eigenvalue weighted by Gasteiger charge is -2.32. The molecule has 1 aliphatic rings. The van der Waals surface area contributed by atoms with E-state index < -0.39 is 5.54 Å². The molecule has 0 radical (unpaired) electrons. The Kier molecular flexibility index (Phi) is 5.29. The molecule has 1 aromatic carbocycles. The van der Waals surface area contributed by atoms with Gasteiger partial charge in [0.25, 0.3) is 0 Å². The highest BCUT2D eigenvalue weighted by atomic mass is 19.1. The second kappa shape index (κ2) is 6.90. The SMILES string of the molecule is CC(C)(C)C(NCC(=O)NC(C)(C#N)C1CC1)c1ccc(F)cc1. The highest BCUT2D eigenvalue weighted by Gasteiger charge is 2.43. The second-order valence-electron chi connectivity index (χ2n) is 7.87. The smallest absolute Gasteiger partial charge is 0.235 e. The molecule has 1 amide bonds. The number of hydrogen-bond donors (Lipinski definition) is 2. The standard InChI is InChI=1S/C19H26FN3O/c1-18(2,3)17(13-5-9-15(20)10-6-13)22-11-16(24)23-19(4,12-21)14-7-8-14/h5-6,9-10,14,17,22H,7-8,11H2,1-4H3,(H,23,24). The maximum Gasteiger partial charge on any atom is 0.235 e. The van der Waals surface area contributed by atoms with E-state index >= 15 is 0 Å². The summed E-state index contributed by atoms with van der Waals surface area (Å²) in [6.45, 7) is 8.09. The van der Waals surface area contributed by atoms with E-state index in [-0.39, 0.29) is 35.6 Å². The lowest BCUT2D eigenvalue weighted by Crippen LogP contribution is -2.50. The largest absolute Gasteiger partial charge is 0.337 e. The number of nitrogens with zero attached hydrogens (tertiary/aromatic N) is 1. The summed E-state index contributed by atoms with van der Waals surface area (Å²) < 4.78 is 13.2. The van der Waals surface area contributed by atoms with Crippen LogP contribution in [0.1, 0.15) is 52.1 Å². The van der Waals surface area contributed by atoms with Gasteiger partial charge in [0.05, 0.1) is 12.6 Å². The number of rotatable bonds is 6. The normalized spacial score (nSPS) is 18.3. The van der Waals surface area contributed by atoms with Gasteiger partial charge in [-0.25, -0.2) is 4.39 Å². The molecule has 4 nitrogen and oxygen atoms in total. The van der Waals surface area contributed by atoms with Crippen LogP contribution in [0.5, 0.6) is 0 Å². The molecule has 1 aromatic rings. The van der Waals surface area contributed by atoms with Gasteiger partial charge in [-0.1, -0.05) is 32.9 Å². The molecule has 0 spiro atoms. The fourth-order valence-electron chi connectivity index (χ4n) is 2.99. The first-order chi connectivity index (χ1) is 11.2. The van der Waals surface area contributed by atoms with Crippen molar-refractivity contribution in [2.24, 2.45) is 11.3 Å². The maximum atomic E-state index is 13.2. The Morgan fingerprint density at radius 1 is 1.29 bits per heavy atom. The molecular weight excluding hydrogens is 305 g/mol. The maximum absolute atomic E-state index is 13.2. The molecule has 2 atom stereocenters. The number of benzene rings is 1. The molecule has 5 heteroatoms. The summed E-state index contributed by atoms with van der Waals surface area (Å²) >= 11 is 0. The molecule has 0 aromatic heterocycles. The third-order valence-corrected chi connectivity index (χ3v) is 4.56. The molecule has 2 N–H and O–H groups in total. The Balaban J connectivity index is 2.01. The molecule has 1 aliphatic carbocycles. The molecule has 2 unspecified atom stereocenters. The fraction of sp³-hybridized carbons (Fsp3) is 0.579. The molecule has 1 fully saturated rings. The third-order valence-electron chi connectivity index (χ3n) is 4.56. The van der Waals surface area contributed by atoms with Crippen molar-refractivity contribution >= 4 is 5.91 Å². The van der Waals surface area contributed by atoms with Crippen molar-refractivity contribution in [2.75, 3.05) is 6.54 Å². The zero-order chi connectivity index (χ0) is 18.0. The van der Waals surface area contributed by atoms with E-state index in [1.807, 2.05) is 0 Å². The van der Waals surface area contributed by atoms with Crippen molar-refractivity contribution in [1.29, 1.82) is 5.26 Å². The Morgan fingerprint density at radius 2 is 1.88 bits per heavy atom. The molecule has 24 heavy (non-hydrogen) atoms. The Hall–Kier alpha value is -1.93. The van der Waals surface area contributed by atoms with Crippen LogP contribution in [0.2, 0.25) is 0 Å². The number of amides is 1. The first-order valence-corrected chi connectivity index (χ1v) is 8.37. The first kappa shape index (κ1) is 18.4. The van der Waals surface area contributed by atoms with E-state index in [0.717, 1.165) is 18.4 Å². The Morgan fingerprint density at radius 3 is 2.33 bits per heavy atom. The van der Waals surface area contributed by atoms with Gasteiger partial charge in [-0.05, 0) is 48.8 Å². The first-order valence-electron chi connectivity index (χ1n) is 8.37.